The lowest BCUT2D eigenvalue weighted by molar-refractivity contribution is -0.123. The summed E-state index contributed by atoms with van der Waals surface area (Å²) in [6.07, 6.45) is 3.48. The monoisotopic (exact) mass is 313 g/mol. The van der Waals surface area contributed by atoms with Crippen molar-refractivity contribution in [1.82, 2.24) is 25.5 Å². The highest BCUT2D eigenvalue weighted by atomic mass is 16.2. The number of tetrazole rings is 1. The Bertz CT molecular complexity index is 654. The van der Waals surface area contributed by atoms with Gasteiger partial charge in [0.15, 0.2) is 0 Å². The Hall–Kier alpha value is -2.24. The topological polar surface area (TPSA) is 72.7 Å². The summed E-state index contributed by atoms with van der Waals surface area (Å²) in [5, 5.41) is 15.4. The molecule has 0 bridgehead atoms. The molecule has 0 spiro atoms. The molecule has 122 valence electrons. The van der Waals surface area contributed by atoms with Gasteiger partial charge in [-0.2, -0.15) is 4.80 Å². The lowest BCUT2D eigenvalue weighted by atomic mass is 9.78. The van der Waals surface area contributed by atoms with Crippen LogP contribution in [0.15, 0.2) is 30.3 Å². The Morgan fingerprint density at radius 2 is 2.04 bits per heavy atom. The molecule has 1 aromatic carbocycles. The molecule has 3 atom stereocenters. The molecule has 1 aliphatic carbocycles. The zero-order valence-corrected chi connectivity index (χ0v) is 13.6. The number of carbonyl (C=O) groups is 1. The molecular weight excluding hydrogens is 290 g/mol. The third-order valence-electron chi connectivity index (χ3n) is 4.82. The van der Waals surface area contributed by atoms with Crippen molar-refractivity contribution >= 4 is 5.91 Å². The minimum atomic E-state index is -0.0482. The van der Waals surface area contributed by atoms with Gasteiger partial charge in [0.2, 0.25) is 11.7 Å². The maximum absolute atomic E-state index is 12.2. The van der Waals surface area contributed by atoms with Crippen molar-refractivity contribution in [3.05, 3.63) is 30.3 Å². The molecule has 0 aliphatic heterocycles. The minimum absolute atomic E-state index is 0.0482. The van der Waals surface area contributed by atoms with Gasteiger partial charge in [-0.25, -0.2) is 0 Å². The van der Waals surface area contributed by atoms with Gasteiger partial charge in [-0.1, -0.05) is 57.0 Å². The summed E-state index contributed by atoms with van der Waals surface area (Å²) in [5.41, 5.74) is 0.897. The summed E-state index contributed by atoms with van der Waals surface area (Å²) in [5.74, 6) is 1.66. The van der Waals surface area contributed by atoms with E-state index in [1.54, 1.807) is 0 Å². The number of hydrogen-bond acceptors (Lipinski definition) is 4. The van der Waals surface area contributed by atoms with Gasteiger partial charge in [0, 0.05) is 11.6 Å². The van der Waals surface area contributed by atoms with E-state index in [-0.39, 0.29) is 18.5 Å². The summed E-state index contributed by atoms with van der Waals surface area (Å²) in [4.78, 5) is 13.6. The highest BCUT2D eigenvalue weighted by molar-refractivity contribution is 5.75. The van der Waals surface area contributed by atoms with Crippen LogP contribution in [-0.4, -0.2) is 32.2 Å². The fraction of sp³-hybridized carbons (Fsp3) is 0.529. The van der Waals surface area contributed by atoms with Crippen LogP contribution < -0.4 is 5.32 Å². The van der Waals surface area contributed by atoms with Crippen LogP contribution in [0, 0.1) is 11.8 Å². The number of rotatable bonds is 4. The third-order valence-corrected chi connectivity index (χ3v) is 4.82. The van der Waals surface area contributed by atoms with Crippen LogP contribution in [0.2, 0.25) is 0 Å². The zero-order chi connectivity index (χ0) is 16.2. The summed E-state index contributed by atoms with van der Waals surface area (Å²) >= 11 is 0. The first-order valence-corrected chi connectivity index (χ1v) is 8.26. The Balaban J connectivity index is 1.59. The summed E-state index contributed by atoms with van der Waals surface area (Å²) in [7, 11) is 0. The normalized spacial score (nSPS) is 24.3. The van der Waals surface area contributed by atoms with E-state index in [4.69, 9.17) is 0 Å². The lowest BCUT2D eigenvalue weighted by Crippen LogP contribution is -2.45. The smallest absolute Gasteiger partial charge is 0.243 e. The van der Waals surface area contributed by atoms with Crippen LogP contribution in [0.4, 0.5) is 0 Å². The number of amides is 1. The number of hydrogen-bond donors (Lipinski definition) is 1. The highest BCUT2D eigenvalue weighted by Gasteiger charge is 2.28. The summed E-state index contributed by atoms with van der Waals surface area (Å²) in [6.45, 7) is 4.58. The fourth-order valence-corrected chi connectivity index (χ4v) is 3.18. The molecule has 6 nitrogen and oxygen atoms in total. The van der Waals surface area contributed by atoms with Crippen LogP contribution in [0.3, 0.4) is 0 Å². The quantitative estimate of drug-likeness (QED) is 0.940. The number of aromatic nitrogens is 4. The third kappa shape index (κ3) is 3.75. The van der Waals surface area contributed by atoms with Gasteiger partial charge in [-0.05, 0) is 23.5 Å². The number of nitrogens with zero attached hydrogens (tertiary/aromatic N) is 4. The van der Waals surface area contributed by atoms with E-state index >= 15 is 0 Å². The van der Waals surface area contributed by atoms with Gasteiger partial charge in [0.05, 0.1) is 0 Å². The highest BCUT2D eigenvalue weighted by Crippen LogP contribution is 2.29. The van der Waals surface area contributed by atoms with Crippen LogP contribution in [0.5, 0.6) is 0 Å². The fourth-order valence-electron chi connectivity index (χ4n) is 3.18. The zero-order valence-electron chi connectivity index (χ0n) is 13.6. The van der Waals surface area contributed by atoms with Gasteiger partial charge in [-0.3, -0.25) is 4.79 Å². The SMILES string of the molecule is C[C@H]1[C@H](C)CCC[C@@H]1NC(=O)Cn1nnc(-c2ccccc2)n1. The molecule has 23 heavy (non-hydrogen) atoms. The predicted octanol–water partition coefficient (Wildman–Crippen LogP) is 2.28. The molecule has 1 aliphatic rings. The Morgan fingerprint density at radius 1 is 1.26 bits per heavy atom. The molecule has 3 rings (SSSR count). The Morgan fingerprint density at radius 3 is 2.83 bits per heavy atom. The first-order chi connectivity index (χ1) is 11.1. The van der Waals surface area contributed by atoms with E-state index in [0.29, 0.717) is 17.7 Å². The van der Waals surface area contributed by atoms with E-state index < -0.39 is 0 Å². The average Bonchev–Trinajstić information content (AvgIpc) is 3.01. The van der Waals surface area contributed by atoms with E-state index in [9.17, 15) is 4.79 Å². The standard InChI is InChI=1S/C17H23N5O/c1-12-7-6-10-15(13(12)2)18-16(23)11-22-20-17(19-21-22)14-8-4-3-5-9-14/h3-5,8-9,12-13,15H,6-7,10-11H2,1-2H3,(H,18,23)/t12-,13+,15+/m1/s1. The van der Waals surface area contributed by atoms with Gasteiger partial charge in [0.1, 0.15) is 6.54 Å². The summed E-state index contributed by atoms with van der Waals surface area (Å²) < 4.78 is 0. The van der Waals surface area contributed by atoms with Crippen LogP contribution >= 0.6 is 0 Å². The first-order valence-electron chi connectivity index (χ1n) is 8.26. The Kier molecular flexibility index (Phi) is 4.69. The molecule has 0 saturated heterocycles. The molecule has 2 aromatic rings. The van der Waals surface area contributed by atoms with E-state index in [0.717, 1.165) is 12.0 Å². The van der Waals surface area contributed by atoms with Gasteiger partial charge < -0.3 is 5.32 Å². The maximum atomic E-state index is 12.2. The van der Waals surface area contributed by atoms with Crippen LogP contribution in [-0.2, 0) is 11.3 Å². The van der Waals surface area contributed by atoms with E-state index in [2.05, 4.69) is 34.6 Å². The summed E-state index contributed by atoms with van der Waals surface area (Å²) in [6, 6.07) is 9.89. The van der Waals surface area contributed by atoms with Crippen molar-refractivity contribution in [1.29, 1.82) is 0 Å². The second kappa shape index (κ2) is 6.89. The van der Waals surface area contributed by atoms with E-state index in [1.807, 2.05) is 30.3 Å². The molecule has 1 heterocycles. The molecule has 1 N–H and O–H groups in total. The van der Waals surface area contributed by atoms with Crippen molar-refractivity contribution in [2.75, 3.05) is 0 Å². The molecule has 1 amide bonds. The number of nitrogens with one attached hydrogen (secondary N) is 1. The molecule has 1 fully saturated rings. The predicted molar refractivity (Wildman–Crippen MR) is 87.4 cm³/mol. The van der Waals surface area contributed by atoms with Crippen molar-refractivity contribution in [2.45, 2.75) is 45.7 Å². The van der Waals surface area contributed by atoms with Crippen LogP contribution in [0.1, 0.15) is 33.1 Å². The molecule has 0 unspecified atom stereocenters. The van der Waals surface area contributed by atoms with Crippen molar-refractivity contribution in [3.63, 3.8) is 0 Å². The van der Waals surface area contributed by atoms with Crippen LogP contribution in [0.25, 0.3) is 11.4 Å². The number of carbonyl (C=O) groups excluding carboxylic acids is 1. The number of benzene rings is 1. The maximum Gasteiger partial charge on any atom is 0.243 e. The van der Waals surface area contributed by atoms with Crippen molar-refractivity contribution < 1.29 is 4.79 Å². The van der Waals surface area contributed by atoms with Crippen molar-refractivity contribution in [3.8, 4) is 11.4 Å². The average molecular weight is 313 g/mol. The Labute approximate surface area is 136 Å². The second-order valence-corrected chi connectivity index (χ2v) is 6.45. The lowest BCUT2D eigenvalue weighted by Gasteiger charge is -2.34. The van der Waals surface area contributed by atoms with Crippen molar-refractivity contribution in [2.24, 2.45) is 11.8 Å². The molecule has 1 saturated carbocycles. The second-order valence-electron chi connectivity index (χ2n) is 6.45. The largest absolute Gasteiger partial charge is 0.351 e. The molecule has 0 radical (unpaired) electrons. The molecule has 6 heteroatoms. The van der Waals surface area contributed by atoms with Gasteiger partial charge in [0.25, 0.3) is 0 Å². The van der Waals surface area contributed by atoms with E-state index in [1.165, 1.54) is 17.6 Å². The van der Waals surface area contributed by atoms with Gasteiger partial charge in [-0.15, -0.1) is 10.2 Å². The molecule has 1 aromatic heterocycles. The minimum Gasteiger partial charge on any atom is -0.351 e. The first kappa shape index (κ1) is 15.6. The molecular formula is C17H23N5O. The van der Waals surface area contributed by atoms with Gasteiger partial charge >= 0.3 is 0 Å².